The monoisotopic (exact) mass is 292 g/mol. The number of carbonyl (C=O) groups is 2. The number of esters is 2. The minimum Gasteiger partial charge on any atom is -0.465 e. The molecule has 0 atom stereocenters. The van der Waals surface area contributed by atoms with Gasteiger partial charge in [-0.25, -0.2) is 0 Å². The lowest BCUT2D eigenvalue weighted by Gasteiger charge is -2.10. The first-order valence-electron chi connectivity index (χ1n) is 5.65. The van der Waals surface area contributed by atoms with Gasteiger partial charge in [-0.2, -0.15) is 0 Å². The van der Waals surface area contributed by atoms with E-state index < -0.39 is 24.0 Å². The summed E-state index contributed by atoms with van der Waals surface area (Å²) in [6, 6.07) is -1.13. The van der Waals surface area contributed by atoms with Crippen molar-refractivity contribution >= 4 is 11.9 Å². The first-order valence-corrected chi connectivity index (χ1v) is 5.65. The van der Waals surface area contributed by atoms with E-state index in [2.05, 4.69) is 19.5 Å². The third-order valence-corrected chi connectivity index (χ3v) is 1.64. The molecule has 10 heteroatoms. The number of nitrogens with zero attached hydrogens (tertiary/aromatic N) is 3. The van der Waals surface area contributed by atoms with Crippen LogP contribution < -0.4 is 5.73 Å². The highest BCUT2D eigenvalue weighted by Crippen LogP contribution is 1.96. The van der Waals surface area contributed by atoms with Crippen LogP contribution >= 0.6 is 0 Å². The Morgan fingerprint density at radius 3 is 1.80 bits per heavy atom. The minimum absolute atomic E-state index is 0.0906. The fourth-order valence-electron chi connectivity index (χ4n) is 0.673. The molecule has 0 aliphatic heterocycles. The van der Waals surface area contributed by atoms with E-state index in [1.54, 1.807) is 0 Å². The second-order valence-corrected chi connectivity index (χ2v) is 3.59. The molecule has 0 unspecified atom stereocenters. The van der Waals surface area contributed by atoms with Gasteiger partial charge in [0.25, 0.3) is 0 Å². The van der Waals surface area contributed by atoms with Crippen LogP contribution in [0.25, 0.3) is 10.4 Å². The van der Waals surface area contributed by atoms with Crippen molar-refractivity contribution in [3.8, 4) is 0 Å². The molecule has 0 aromatic rings. The lowest BCUT2D eigenvalue weighted by atomic mass is 10.3. The average Bonchev–Trinajstić information content (AvgIpc) is 2.41. The molecule has 0 saturated carbocycles. The first-order chi connectivity index (χ1) is 9.37. The normalized spacial score (nSPS) is 9.35. The van der Waals surface area contributed by atoms with Gasteiger partial charge in [0.15, 0.2) is 0 Å². The number of aliphatic hydroxyl groups excluding tert-OH is 2. The molecule has 0 aliphatic rings. The number of azide groups is 1. The topological polar surface area (TPSA) is 168 Å². The summed E-state index contributed by atoms with van der Waals surface area (Å²) in [4.78, 5) is 23.4. The number of aliphatic hydroxyl groups is 2. The quantitative estimate of drug-likeness (QED) is 0.236. The average molecular weight is 292 g/mol. The van der Waals surface area contributed by atoms with Crippen LogP contribution in [0.15, 0.2) is 5.11 Å². The van der Waals surface area contributed by atoms with Gasteiger partial charge in [0.2, 0.25) is 0 Å². The van der Waals surface area contributed by atoms with Gasteiger partial charge in [0.1, 0.15) is 19.3 Å². The molecule has 0 rings (SSSR count). The van der Waals surface area contributed by atoms with Crippen molar-refractivity contribution in [1.29, 1.82) is 0 Å². The lowest BCUT2D eigenvalue weighted by Crippen LogP contribution is -2.27. The largest absolute Gasteiger partial charge is 0.465 e. The SMILES string of the molecule is CC(=O)OCC(COC(C)=O)N=[N+]=[N-].NC(CO)CO. The van der Waals surface area contributed by atoms with Crippen molar-refractivity contribution in [2.75, 3.05) is 26.4 Å². The summed E-state index contributed by atoms with van der Waals surface area (Å²) in [5, 5.41) is 19.4. The molecule has 0 aromatic heterocycles. The molecule has 0 heterocycles. The maximum Gasteiger partial charge on any atom is 0.302 e. The Kier molecular flexibility index (Phi) is 13.9. The molecule has 4 N–H and O–H groups in total. The predicted molar refractivity (Wildman–Crippen MR) is 68.3 cm³/mol. The maximum atomic E-state index is 10.4. The summed E-state index contributed by atoms with van der Waals surface area (Å²) in [7, 11) is 0. The van der Waals surface area contributed by atoms with E-state index in [0.717, 1.165) is 0 Å². The number of nitrogens with two attached hydrogens (primary N) is 1. The number of rotatable bonds is 7. The standard InChI is InChI=1S/C7H11N3O4.C3H9NO2/c1-5(11)13-3-7(9-10-8)4-14-6(2)12;4-3(1-5)2-6/h7H,3-4H2,1-2H3;3,5-6H,1-2,4H2. The van der Waals surface area contributed by atoms with Crippen molar-refractivity contribution in [2.24, 2.45) is 10.8 Å². The highest BCUT2D eigenvalue weighted by atomic mass is 16.5. The van der Waals surface area contributed by atoms with E-state index >= 15 is 0 Å². The molecule has 0 bridgehead atoms. The molecule has 20 heavy (non-hydrogen) atoms. The van der Waals surface area contributed by atoms with Crippen LogP contribution in [0.4, 0.5) is 0 Å². The lowest BCUT2D eigenvalue weighted by molar-refractivity contribution is -0.144. The van der Waals surface area contributed by atoms with Crippen LogP contribution in [0, 0.1) is 0 Å². The fraction of sp³-hybridized carbons (Fsp3) is 0.800. The smallest absolute Gasteiger partial charge is 0.302 e. The van der Waals surface area contributed by atoms with Crippen molar-refractivity contribution in [3.63, 3.8) is 0 Å². The van der Waals surface area contributed by atoms with E-state index in [4.69, 9.17) is 21.5 Å². The zero-order valence-electron chi connectivity index (χ0n) is 11.4. The van der Waals surface area contributed by atoms with Crippen LogP contribution in [-0.4, -0.2) is 60.7 Å². The first kappa shape index (κ1) is 20.4. The highest BCUT2D eigenvalue weighted by Gasteiger charge is 2.10. The van der Waals surface area contributed by atoms with E-state index in [0.29, 0.717) is 0 Å². The van der Waals surface area contributed by atoms with Crippen molar-refractivity contribution < 1.29 is 29.3 Å². The molecule has 0 aromatic carbocycles. The molecule has 0 saturated heterocycles. The van der Waals surface area contributed by atoms with Gasteiger partial charge in [-0.1, -0.05) is 5.11 Å². The van der Waals surface area contributed by atoms with Gasteiger partial charge >= 0.3 is 11.9 Å². The van der Waals surface area contributed by atoms with E-state index in [9.17, 15) is 9.59 Å². The van der Waals surface area contributed by atoms with Crippen LogP contribution in [0.1, 0.15) is 13.8 Å². The maximum absolute atomic E-state index is 10.4. The molecule has 10 nitrogen and oxygen atoms in total. The van der Waals surface area contributed by atoms with Crippen molar-refractivity contribution in [2.45, 2.75) is 25.9 Å². The van der Waals surface area contributed by atoms with Gasteiger partial charge in [-0.3, -0.25) is 9.59 Å². The zero-order valence-corrected chi connectivity index (χ0v) is 11.4. The summed E-state index contributed by atoms with van der Waals surface area (Å²) in [6.07, 6.45) is 0. The third-order valence-electron chi connectivity index (χ3n) is 1.64. The van der Waals surface area contributed by atoms with Gasteiger partial charge < -0.3 is 25.4 Å². The summed E-state index contributed by atoms with van der Waals surface area (Å²) < 4.78 is 9.19. The van der Waals surface area contributed by atoms with Gasteiger partial charge in [0.05, 0.1) is 19.3 Å². The Morgan fingerprint density at radius 2 is 1.60 bits per heavy atom. The molecule has 0 radical (unpaired) electrons. The van der Waals surface area contributed by atoms with Gasteiger partial charge in [-0.15, -0.1) is 0 Å². The van der Waals surface area contributed by atoms with Gasteiger partial charge in [-0.05, 0) is 5.53 Å². The van der Waals surface area contributed by atoms with Crippen molar-refractivity contribution in [1.82, 2.24) is 0 Å². The number of carbonyl (C=O) groups excluding carboxylic acids is 2. The Bertz CT molecular complexity index is 310. The second-order valence-electron chi connectivity index (χ2n) is 3.59. The summed E-state index contributed by atoms with van der Waals surface area (Å²) >= 11 is 0. The Hall–Kier alpha value is -1.87. The molecule has 0 amide bonds. The Labute approximate surface area is 116 Å². The number of hydrogen-bond donors (Lipinski definition) is 3. The van der Waals surface area contributed by atoms with Crippen LogP contribution in [0.2, 0.25) is 0 Å². The van der Waals surface area contributed by atoms with E-state index in [1.807, 2.05) is 0 Å². The van der Waals surface area contributed by atoms with Crippen LogP contribution in [0.5, 0.6) is 0 Å². The highest BCUT2D eigenvalue weighted by molar-refractivity contribution is 5.66. The number of hydrogen-bond acceptors (Lipinski definition) is 8. The summed E-state index contributed by atoms with van der Waals surface area (Å²) in [5.74, 6) is -0.961. The summed E-state index contributed by atoms with van der Waals surface area (Å²) in [5.41, 5.74) is 13.1. The van der Waals surface area contributed by atoms with Crippen LogP contribution in [-0.2, 0) is 19.1 Å². The Balaban J connectivity index is 0. The predicted octanol–water partition coefficient (Wildman–Crippen LogP) is -0.910. The molecule has 0 aliphatic carbocycles. The van der Waals surface area contributed by atoms with Crippen molar-refractivity contribution in [3.05, 3.63) is 10.4 Å². The fourth-order valence-corrected chi connectivity index (χ4v) is 0.673. The second kappa shape index (κ2) is 13.6. The molecular formula is C10H20N4O6. The number of ether oxygens (including phenoxy) is 2. The van der Waals surface area contributed by atoms with Gasteiger partial charge in [0, 0.05) is 18.8 Å². The third kappa shape index (κ3) is 16.1. The Morgan fingerprint density at radius 1 is 1.20 bits per heavy atom. The molecule has 0 fully saturated rings. The van der Waals surface area contributed by atoms with E-state index in [-0.39, 0.29) is 26.4 Å². The molecule has 0 spiro atoms. The van der Waals surface area contributed by atoms with Crippen LogP contribution in [0.3, 0.4) is 0 Å². The molecule has 116 valence electrons. The zero-order chi connectivity index (χ0) is 16.0. The summed E-state index contributed by atoms with van der Waals surface area (Å²) in [6.45, 7) is 2.00. The minimum atomic E-state index is -0.673. The molecular weight excluding hydrogens is 272 g/mol. The van der Waals surface area contributed by atoms with E-state index in [1.165, 1.54) is 13.8 Å².